The van der Waals surface area contributed by atoms with Gasteiger partial charge in [0.15, 0.2) is 0 Å². The molecular weight excluding hydrogens is 236 g/mol. The molecule has 0 aliphatic heterocycles. The number of aromatic nitrogens is 1. The SMILES string of the molecule is NCC1(COc2ccc(-c3cccnc3)cc2)CC1. The van der Waals surface area contributed by atoms with E-state index in [1.165, 1.54) is 12.8 Å². The third-order valence-electron chi connectivity index (χ3n) is 3.78. The standard InChI is InChI=1S/C16H18N2O/c17-11-16(7-8-16)12-19-15-5-3-13(4-6-15)14-2-1-9-18-10-14/h1-6,9-10H,7-8,11-12,17H2. The Labute approximate surface area is 113 Å². The molecule has 1 aromatic carbocycles. The highest BCUT2D eigenvalue weighted by Gasteiger charge is 2.42. The number of nitrogens with two attached hydrogens (primary N) is 1. The second-order valence-electron chi connectivity index (χ2n) is 5.26. The van der Waals surface area contributed by atoms with Crippen LogP contribution in [0.5, 0.6) is 5.75 Å². The summed E-state index contributed by atoms with van der Waals surface area (Å²) in [5.41, 5.74) is 8.27. The summed E-state index contributed by atoms with van der Waals surface area (Å²) in [6.45, 7) is 1.45. The van der Waals surface area contributed by atoms with Crippen molar-refractivity contribution in [3.63, 3.8) is 0 Å². The van der Waals surface area contributed by atoms with Gasteiger partial charge in [0.1, 0.15) is 5.75 Å². The zero-order valence-electron chi connectivity index (χ0n) is 10.9. The van der Waals surface area contributed by atoms with Crippen LogP contribution < -0.4 is 10.5 Å². The smallest absolute Gasteiger partial charge is 0.119 e. The molecule has 98 valence electrons. The fraction of sp³-hybridized carbons (Fsp3) is 0.312. The van der Waals surface area contributed by atoms with E-state index in [2.05, 4.69) is 23.2 Å². The van der Waals surface area contributed by atoms with E-state index in [0.29, 0.717) is 0 Å². The molecule has 1 aliphatic carbocycles. The van der Waals surface area contributed by atoms with Crippen LogP contribution in [0.15, 0.2) is 48.8 Å². The van der Waals surface area contributed by atoms with Gasteiger partial charge in [-0.1, -0.05) is 18.2 Å². The minimum absolute atomic E-state index is 0.252. The van der Waals surface area contributed by atoms with Gasteiger partial charge in [0, 0.05) is 24.4 Å². The second kappa shape index (κ2) is 5.02. The van der Waals surface area contributed by atoms with Crippen LogP contribution in [0.1, 0.15) is 12.8 Å². The number of rotatable bonds is 5. The van der Waals surface area contributed by atoms with Crippen molar-refractivity contribution in [2.75, 3.05) is 13.2 Å². The molecule has 3 rings (SSSR count). The molecule has 3 nitrogen and oxygen atoms in total. The number of hydrogen-bond acceptors (Lipinski definition) is 3. The number of nitrogens with zero attached hydrogens (tertiary/aromatic N) is 1. The molecule has 1 heterocycles. The van der Waals surface area contributed by atoms with Crippen molar-refractivity contribution in [1.82, 2.24) is 4.98 Å². The lowest BCUT2D eigenvalue weighted by Crippen LogP contribution is -2.22. The Bertz CT molecular complexity index is 532. The topological polar surface area (TPSA) is 48.1 Å². The van der Waals surface area contributed by atoms with E-state index in [4.69, 9.17) is 10.5 Å². The predicted molar refractivity (Wildman–Crippen MR) is 75.9 cm³/mol. The maximum Gasteiger partial charge on any atom is 0.119 e. The van der Waals surface area contributed by atoms with Gasteiger partial charge in [-0.05, 0) is 42.2 Å². The summed E-state index contributed by atoms with van der Waals surface area (Å²) in [6.07, 6.45) is 6.03. The average Bonchev–Trinajstić information content (AvgIpc) is 3.27. The van der Waals surface area contributed by atoms with Crippen LogP contribution in [0.4, 0.5) is 0 Å². The molecular formula is C16H18N2O. The van der Waals surface area contributed by atoms with Gasteiger partial charge in [-0.25, -0.2) is 0 Å². The molecule has 2 N–H and O–H groups in total. The van der Waals surface area contributed by atoms with Gasteiger partial charge in [-0.2, -0.15) is 0 Å². The third kappa shape index (κ3) is 2.76. The fourth-order valence-corrected chi connectivity index (χ4v) is 2.10. The summed E-state index contributed by atoms with van der Waals surface area (Å²) in [5.74, 6) is 0.910. The summed E-state index contributed by atoms with van der Waals surface area (Å²) in [4.78, 5) is 4.13. The van der Waals surface area contributed by atoms with Gasteiger partial charge in [0.2, 0.25) is 0 Å². The summed E-state index contributed by atoms with van der Waals surface area (Å²) in [6, 6.07) is 12.1. The van der Waals surface area contributed by atoms with Crippen LogP contribution in [-0.2, 0) is 0 Å². The van der Waals surface area contributed by atoms with Gasteiger partial charge in [0.05, 0.1) is 6.61 Å². The largest absolute Gasteiger partial charge is 0.493 e. The first kappa shape index (κ1) is 12.2. The first-order chi connectivity index (χ1) is 9.31. The average molecular weight is 254 g/mol. The highest BCUT2D eigenvalue weighted by Crippen LogP contribution is 2.44. The number of hydrogen-bond donors (Lipinski definition) is 1. The second-order valence-corrected chi connectivity index (χ2v) is 5.26. The van der Waals surface area contributed by atoms with E-state index in [1.54, 1.807) is 6.20 Å². The van der Waals surface area contributed by atoms with Crippen molar-refractivity contribution in [3.8, 4) is 16.9 Å². The van der Waals surface area contributed by atoms with Crippen LogP contribution in [0.2, 0.25) is 0 Å². The lowest BCUT2D eigenvalue weighted by atomic mass is 10.1. The maximum absolute atomic E-state index is 5.82. The number of pyridine rings is 1. The minimum Gasteiger partial charge on any atom is -0.493 e. The van der Waals surface area contributed by atoms with Crippen LogP contribution in [0.3, 0.4) is 0 Å². The zero-order valence-corrected chi connectivity index (χ0v) is 10.9. The Hall–Kier alpha value is -1.87. The molecule has 3 heteroatoms. The predicted octanol–water partition coefficient (Wildman–Crippen LogP) is 2.87. The molecule has 0 atom stereocenters. The highest BCUT2D eigenvalue weighted by atomic mass is 16.5. The molecule has 0 bridgehead atoms. The summed E-state index contributed by atoms with van der Waals surface area (Å²) in [5, 5.41) is 0. The summed E-state index contributed by atoms with van der Waals surface area (Å²) in [7, 11) is 0. The molecule has 0 radical (unpaired) electrons. The Morgan fingerprint density at radius 2 is 1.89 bits per heavy atom. The van der Waals surface area contributed by atoms with Crippen molar-refractivity contribution >= 4 is 0 Å². The Balaban J connectivity index is 1.66. The molecule has 1 aromatic heterocycles. The maximum atomic E-state index is 5.82. The molecule has 2 aromatic rings. The van der Waals surface area contributed by atoms with Crippen LogP contribution in [-0.4, -0.2) is 18.1 Å². The molecule has 19 heavy (non-hydrogen) atoms. The van der Waals surface area contributed by atoms with E-state index >= 15 is 0 Å². The monoisotopic (exact) mass is 254 g/mol. The van der Waals surface area contributed by atoms with Gasteiger partial charge in [0.25, 0.3) is 0 Å². The van der Waals surface area contributed by atoms with Gasteiger partial charge in [-0.3, -0.25) is 4.98 Å². The fourth-order valence-electron chi connectivity index (χ4n) is 2.10. The highest BCUT2D eigenvalue weighted by molar-refractivity contribution is 5.62. The molecule has 0 saturated heterocycles. The van der Waals surface area contributed by atoms with E-state index in [1.807, 2.05) is 24.4 Å². The molecule has 0 unspecified atom stereocenters. The van der Waals surface area contributed by atoms with Crippen molar-refractivity contribution in [2.45, 2.75) is 12.8 Å². The first-order valence-corrected chi connectivity index (χ1v) is 6.65. The van der Waals surface area contributed by atoms with Crippen molar-refractivity contribution in [2.24, 2.45) is 11.1 Å². The molecule has 1 saturated carbocycles. The summed E-state index contributed by atoms with van der Waals surface area (Å²) < 4.78 is 5.82. The van der Waals surface area contributed by atoms with Crippen LogP contribution in [0.25, 0.3) is 11.1 Å². The molecule has 0 spiro atoms. The Kier molecular flexibility index (Phi) is 3.22. The lowest BCUT2D eigenvalue weighted by molar-refractivity contribution is 0.239. The van der Waals surface area contributed by atoms with Gasteiger partial charge in [-0.15, -0.1) is 0 Å². The van der Waals surface area contributed by atoms with Gasteiger partial charge < -0.3 is 10.5 Å². The van der Waals surface area contributed by atoms with Crippen molar-refractivity contribution in [3.05, 3.63) is 48.8 Å². The Morgan fingerprint density at radius 3 is 2.47 bits per heavy atom. The normalized spacial score (nSPS) is 16.1. The summed E-state index contributed by atoms with van der Waals surface area (Å²) >= 11 is 0. The quantitative estimate of drug-likeness (QED) is 0.892. The van der Waals surface area contributed by atoms with E-state index in [-0.39, 0.29) is 5.41 Å². The minimum atomic E-state index is 0.252. The van der Waals surface area contributed by atoms with Gasteiger partial charge >= 0.3 is 0 Å². The van der Waals surface area contributed by atoms with Crippen molar-refractivity contribution < 1.29 is 4.74 Å². The molecule has 1 aliphatic rings. The molecule has 0 amide bonds. The third-order valence-corrected chi connectivity index (χ3v) is 3.78. The van der Waals surface area contributed by atoms with Crippen LogP contribution >= 0.6 is 0 Å². The van der Waals surface area contributed by atoms with E-state index in [0.717, 1.165) is 30.0 Å². The molecule has 1 fully saturated rings. The zero-order chi connectivity index (χ0) is 13.1. The first-order valence-electron chi connectivity index (χ1n) is 6.65. The lowest BCUT2D eigenvalue weighted by Gasteiger charge is -2.14. The van der Waals surface area contributed by atoms with E-state index < -0.39 is 0 Å². The number of benzene rings is 1. The Morgan fingerprint density at radius 1 is 1.11 bits per heavy atom. The van der Waals surface area contributed by atoms with Crippen molar-refractivity contribution in [1.29, 1.82) is 0 Å². The van der Waals surface area contributed by atoms with Crippen LogP contribution in [0, 0.1) is 5.41 Å². The van der Waals surface area contributed by atoms with E-state index in [9.17, 15) is 0 Å². The number of ether oxygens (including phenoxy) is 1.